The molecule has 2 aromatic carbocycles. The lowest BCUT2D eigenvalue weighted by atomic mass is 9.70. The number of hydrogen-bond acceptors (Lipinski definition) is 6. The Hall–Kier alpha value is -3.78. The number of phenols is 1. The number of carbonyl (C=O) groups is 2. The highest BCUT2D eigenvalue weighted by Crippen LogP contribution is 2.50. The van der Waals surface area contributed by atoms with Crippen molar-refractivity contribution in [2.75, 3.05) is 11.5 Å². The summed E-state index contributed by atoms with van der Waals surface area (Å²) in [5.74, 6) is -1.49. The predicted octanol–water partition coefficient (Wildman–Crippen LogP) is 5.02. The second kappa shape index (κ2) is 9.35. The maximum Gasteiger partial charge on any atom is 0.271 e. The Morgan fingerprint density at radius 3 is 2.64 bits per heavy atom. The van der Waals surface area contributed by atoms with Crippen LogP contribution in [0.2, 0.25) is 0 Å². The molecule has 1 N–H and O–H groups in total. The molecule has 8 heteroatoms. The van der Waals surface area contributed by atoms with E-state index in [9.17, 15) is 24.8 Å². The Kier molecular flexibility index (Phi) is 6.22. The lowest BCUT2D eigenvalue weighted by molar-refractivity contribution is -0.384. The molecule has 8 nitrogen and oxygen atoms in total. The van der Waals surface area contributed by atoms with Crippen LogP contribution in [-0.4, -0.2) is 34.6 Å². The Morgan fingerprint density at radius 1 is 1.17 bits per heavy atom. The molecule has 2 amide bonds. The lowest BCUT2D eigenvalue weighted by Crippen LogP contribution is -2.34. The van der Waals surface area contributed by atoms with Gasteiger partial charge in [-0.05, 0) is 62.4 Å². The molecule has 0 radical (unpaired) electrons. The quantitative estimate of drug-likeness (QED) is 0.264. The summed E-state index contributed by atoms with van der Waals surface area (Å²) >= 11 is 0. The SMILES string of the molecule is CC1=C2[C@@H](CC/C(C)=C/c3ccc(O)cc3)OC[C@@H]2[C@@H]2C(=O)N(c3cccc([N+](=O)[O-])c3)C(=O)[C@@H]2C1. The van der Waals surface area contributed by atoms with Gasteiger partial charge in [-0.25, -0.2) is 4.90 Å². The van der Waals surface area contributed by atoms with Crippen molar-refractivity contribution in [3.8, 4) is 5.75 Å². The van der Waals surface area contributed by atoms with Gasteiger partial charge in [-0.3, -0.25) is 19.7 Å². The molecular formula is C28H28N2O6. The van der Waals surface area contributed by atoms with Gasteiger partial charge in [0, 0.05) is 18.1 Å². The molecule has 0 bridgehead atoms. The number of nitrogens with zero attached hydrogens (tertiary/aromatic N) is 2. The fourth-order valence-corrected chi connectivity index (χ4v) is 5.92. The minimum atomic E-state index is -0.529. The number of carbonyl (C=O) groups excluding carboxylic acids is 2. The van der Waals surface area contributed by atoms with Crippen LogP contribution < -0.4 is 4.90 Å². The molecule has 2 heterocycles. The highest BCUT2D eigenvalue weighted by atomic mass is 16.6. The van der Waals surface area contributed by atoms with Crippen molar-refractivity contribution in [3.05, 3.63) is 80.9 Å². The first-order chi connectivity index (χ1) is 17.2. The van der Waals surface area contributed by atoms with E-state index in [1.165, 1.54) is 23.8 Å². The van der Waals surface area contributed by atoms with E-state index in [1.807, 2.05) is 19.1 Å². The van der Waals surface area contributed by atoms with Crippen LogP contribution in [0.5, 0.6) is 5.75 Å². The van der Waals surface area contributed by atoms with Crippen LogP contribution in [0.4, 0.5) is 11.4 Å². The standard InChI is InChI=1S/C28H28N2O6/c1-16(12-18-7-9-21(31)10-8-18)6-11-24-25-17(2)13-22-26(23(25)15-36-24)28(33)29(27(22)32)19-4-3-5-20(14-19)30(34)35/h3-5,7-10,12,14,22-24,26,31H,6,11,13,15H2,1-2H3/b16-12+/t22-,23+,24-,26-/m1/s1. The monoisotopic (exact) mass is 488 g/mol. The molecular weight excluding hydrogens is 460 g/mol. The van der Waals surface area contributed by atoms with E-state index < -0.39 is 16.8 Å². The van der Waals surface area contributed by atoms with Crippen LogP contribution >= 0.6 is 0 Å². The van der Waals surface area contributed by atoms with Crippen LogP contribution in [0.1, 0.15) is 38.7 Å². The van der Waals surface area contributed by atoms with E-state index in [0.717, 1.165) is 34.5 Å². The van der Waals surface area contributed by atoms with Gasteiger partial charge in [0.05, 0.1) is 35.2 Å². The molecule has 2 aliphatic heterocycles. The summed E-state index contributed by atoms with van der Waals surface area (Å²) in [6.45, 7) is 4.47. The number of amides is 2. The number of nitro benzene ring substituents is 1. The Balaban J connectivity index is 1.33. The number of allylic oxidation sites excluding steroid dienone is 2. The van der Waals surface area contributed by atoms with Gasteiger partial charge in [-0.2, -0.15) is 0 Å². The average molecular weight is 489 g/mol. The number of nitro groups is 1. The van der Waals surface area contributed by atoms with Gasteiger partial charge in [-0.15, -0.1) is 0 Å². The summed E-state index contributed by atoms with van der Waals surface area (Å²) in [6, 6.07) is 12.7. The van der Waals surface area contributed by atoms with Gasteiger partial charge < -0.3 is 9.84 Å². The number of rotatable bonds is 6. The molecule has 5 rings (SSSR count). The smallest absolute Gasteiger partial charge is 0.271 e. The van der Waals surface area contributed by atoms with E-state index >= 15 is 0 Å². The zero-order chi connectivity index (χ0) is 25.6. The molecule has 2 fully saturated rings. The second-order valence-electron chi connectivity index (χ2n) is 9.91. The molecule has 0 unspecified atom stereocenters. The minimum absolute atomic E-state index is 0.103. The normalized spacial score (nSPS) is 25.8. The summed E-state index contributed by atoms with van der Waals surface area (Å²) in [5, 5.41) is 20.7. The van der Waals surface area contributed by atoms with Gasteiger partial charge in [0.25, 0.3) is 5.69 Å². The Morgan fingerprint density at radius 2 is 1.92 bits per heavy atom. The Bertz CT molecular complexity index is 1300. The molecule has 186 valence electrons. The van der Waals surface area contributed by atoms with E-state index in [1.54, 1.807) is 18.2 Å². The van der Waals surface area contributed by atoms with Crippen molar-refractivity contribution < 1.29 is 24.4 Å². The molecule has 0 spiro atoms. The first kappa shape index (κ1) is 23.9. The van der Waals surface area contributed by atoms with Gasteiger partial charge in [0.2, 0.25) is 11.8 Å². The Labute approximate surface area is 209 Å². The highest BCUT2D eigenvalue weighted by Gasteiger charge is 2.56. The number of non-ortho nitro benzene ring substituents is 1. The summed E-state index contributed by atoms with van der Waals surface area (Å²) in [6.07, 6.45) is 4.07. The molecule has 2 aromatic rings. The summed E-state index contributed by atoms with van der Waals surface area (Å²) in [4.78, 5) is 38.6. The summed E-state index contributed by atoms with van der Waals surface area (Å²) in [7, 11) is 0. The van der Waals surface area contributed by atoms with Crippen molar-refractivity contribution in [2.24, 2.45) is 17.8 Å². The number of imide groups is 1. The van der Waals surface area contributed by atoms with Crippen LogP contribution in [0.25, 0.3) is 6.08 Å². The molecule has 0 saturated carbocycles. The molecule has 3 aliphatic rings. The van der Waals surface area contributed by atoms with Gasteiger partial charge in [0.15, 0.2) is 0 Å². The molecule has 36 heavy (non-hydrogen) atoms. The number of fused-ring (bicyclic) bond motifs is 3. The van der Waals surface area contributed by atoms with Crippen molar-refractivity contribution >= 4 is 29.3 Å². The maximum atomic E-state index is 13.5. The van der Waals surface area contributed by atoms with E-state index in [4.69, 9.17) is 4.74 Å². The first-order valence-corrected chi connectivity index (χ1v) is 12.1. The number of benzene rings is 2. The molecule has 1 aliphatic carbocycles. The third-order valence-electron chi connectivity index (χ3n) is 7.56. The zero-order valence-corrected chi connectivity index (χ0v) is 20.2. The predicted molar refractivity (Wildman–Crippen MR) is 134 cm³/mol. The number of aromatic hydroxyl groups is 1. The summed E-state index contributed by atoms with van der Waals surface area (Å²) in [5.41, 5.74) is 4.53. The van der Waals surface area contributed by atoms with Crippen molar-refractivity contribution in [3.63, 3.8) is 0 Å². The first-order valence-electron chi connectivity index (χ1n) is 12.1. The average Bonchev–Trinajstić information content (AvgIpc) is 3.38. The van der Waals surface area contributed by atoms with Gasteiger partial charge in [0.1, 0.15) is 5.75 Å². The molecule has 4 atom stereocenters. The largest absolute Gasteiger partial charge is 0.508 e. The van der Waals surface area contributed by atoms with Gasteiger partial charge in [-0.1, -0.05) is 35.4 Å². The number of ether oxygens (including phenoxy) is 1. The molecule has 2 saturated heterocycles. The van der Waals surface area contributed by atoms with Gasteiger partial charge >= 0.3 is 0 Å². The fraction of sp³-hybridized carbons (Fsp3) is 0.357. The van der Waals surface area contributed by atoms with Crippen molar-refractivity contribution in [2.45, 2.75) is 39.2 Å². The summed E-state index contributed by atoms with van der Waals surface area (Å²) < 4.78 is 6.18. The lowest BCUT2D eigenvalue weighted by Gasteiger charge is -2.30. The minimum Gasteiger partial charge on any atom is -0.508 e. The fourth-order valence-electron chi connectivity index (χ4n) is 5.92. The zero-order valence-electron chi connectivity index (χ0n) is 20.2. The van der Waals surface area contributed by atoms with Crippen LogP contribution in [0.3, 0.4) is 0 Å². The van der Waals surface area contributed by atoms with Crippen LogP contribution in [-0.2, 0) is 14.3 Å². The van der Waals surface area contributed by atoms with Crippen molar-refractivity contribution in [1.82, 2.24) is 0 Å². The number of phenolic OH excluding ortho intramolecular Hbond substituents is 1. The topological polar surface area (TPSA) is 110 Å². The maximum absolute atomic E-state index is 13.5. The third kappa shape index (κ3) is 4.22. The second-order valence-corrected chi connectivity index (χ2v) is 9.91. The van der Waals surface area contributed by atoms with Crippen LogP contribution in [0.15, 0.2) is 65.3 Å². The van der Waals surface area contributed by atoms with E-state index in [2.05, 4.69) is 13.0 Å². The number of hydrogen-bond donors (Lipinski definition) is 1. The van der Waals surface area contributed by atoms with E-state index in [0.29, 0.717) is 13.0 Å². The highest BCUT2D eigenvalue weighted by molar-refractivity contribution is 6.22. The van der Waals surface area contributed by atoms with Crippen LogP contribution in [0, 0.1) is 27.9 Å². The number of anilines is 1. The van der Waals surface area contributed by atoms with Crippen molar-refractivity contribution in [1.29, 1.82) is 0 Å². The third-order valence-corrected chi connectivity index (χ3v) is 7.56. The van der Waals surface area contributed by atoms with E-state index in [-0.39, 0.29) is 41.0 Å². The molecule has 0 aromatic heterocycles.